The molecule has 0 bridgehead atoms. The van der Waals surface area contributed by atoms with Crippen LogP contribution in [0.5, 0.6) is 11.6 Å². The quantitative estimate of drug-likeness (QED) is 0.753. The number of rotatable bonds is 3. The summed E-state index contributed by atoms with van der Waals surface area (Å²) in [5, 5.41) is 12.0. The van der Waals surface area contributed by atoms with Crippen LogP contribution in [0.3, 0.4) is 0 Å². The van der Waals surface area contributed by atoms with Crippen LogP contribution < -0.4 is 4.74 Å². The third kappa shape index (κ3) is 2.39. The molecule has 1 aromatic carbocycles. The minimum absolute atomic E-state index is 0.0993. The van der Waals surface area contributed by atoms with E-state index in [0.29, 0.717) is 5.88 Å². The number of aromatic carboxylic acids is 1. The minimum Gasteiger partial charge on any atom is -0.478 e. The Kier molecular flexibility index (Phi) is 3.42. The Balaban J connectivity index is 2.09. The van der Waals surface area contributed by atoms with Gasteiger partial charge in [-0.1, -0.05) is 15.9 Å². The van der Waals surface area contributed by atoms with Crippen molar-refractivity contribution in [2.45, 2.75) is 0 Å². The molecule has 0 aliphatic carbocycles. The SMILES string of the molecule is O=C(O)c1ccc(Br)cc1Oc1nccc2sccc12. The molecule has 1 N–H and O–H groups in total. The first-order valence-electron chi connectivity index (χ1n) is 5.68. The zero-order valence-corrected chi connectivity index (χ0v) is 12.4. The number of ether oxygens (including phenoxy) is 1. The molecule has 0 unspecified atom stereocenters. The van der Waals surface area contributed by atoms with Crippen molar-refractivity contribution in [2.75, 3.05) is 0 Å². The number of carboxylic acids is 1. The van der Waals surface area contributed by atoms with Gasteiger partial charge in [0.2, 0.25) is 5.88 Å². The number of pyridine rings is 1. The molecule has 4 nitrogen and oxygen atoms in total. The lowest BCUT2D eigenvalue weighted by molar-refractivity contribution is 0.0694. The number of hydrogen-bond donors (Lipinski definition) is 1. The van der Waals surface area contributed by atoms with Gasteiger partial charge in [-0.2, -0.15) is 0 Å². The van der Waals surface area contributed by atoms with E-state index in [1.807, 2.05) is 17.5 Å². The zero-order valence-electron chi connectivity index (χ0n) is 10.0. The van der Waals surface area contributed by atoms with E-state index in [1.165, 1.54) is 6.07 Å². The Labute approximate surface area is 126 Å². The van der Waals surface area contributed by atoms with Gasteiger partial charge in [-0.05, 0) is 35.7 Å². The van der Waals surface area contributed by atoms with Crippen LogP contribution in [0.1, 0.15) is 10.4 Å². The molecule has 0 radical (unpaired) electrons. The van der Waals surface area contributed by atoms with Gasteiger partial charge in [-0.25, -0.2) is 9.78 Å². The molecule has 2 heterocycles. The average Bonchev–Trinajstić information content (AvgIpc) is 2.88. The highest BCUT2D eigenvalue weighted by Gasteiger charge is 2.14. The van der Waals surface area contributed by atoms with Gasteiger partial charge in [-0.15, -0.1) is 11.3 Å². The number of nitrogens with zero attached hydrogens (tertiary/aromatic N) is 1. The van der Waals surface area contributed by atoms with Crippen molar-refractivity contribution in [1.82, 2.24) is 4.98 Å². The summed E-state index contributed by atoms with van der Waals surface area (Å²) in [6.07, 6.45) is 1.65. The smallest absolute Gasteiger partial charge is 0.339 e. The average molecular weight is 350 g/mol. The molecule has 6 heteroatoms. The normalized spacial score (nSPS) is 10.7. The van der Waals surface area contributed by atoms with Gasteiger partial charge in [-0.3, -0.25) is 0 Å². The molecule has 0 aliphatic rings. The molecule has 0 atom stereocenters. The number of hydrogen-bond acceptors (Lipinski definition) is 4. The Hall–Kier alpha value is -1.92. The second kappa shape index (κ2) is 5.22. The first-order valence-corrected chi connectivity index (χ1v) is 7.35. The fourth-order valence-corrected chi connectivity index (χ4v) is 2.92. The highest BCUT2D eigenvalue weighted by molar-refractivity contribution is 9.10. The molecule has 3 aromatic rings. The molecule has 3 rings (SSSR count). The maximum atomic E-state index is 11.2. The summed E-state index contributed by atoms with van der Waals surface area (Å²) in [5.41, 5.74) is 0.0993. The molecular formula is C14H8BrNO3S. The van der Waals surface area contributed by atoms with Crippen molar-refractivity contribution in [2.24, 2.45) is 0 Å². The van der Waals surface area contributed by atoms with E-state index in [-0.39, 0.29) is 11.3 Å². The van der Waals surface area contributed by atoms with Gasteiger partial charge in [0.15, 0.2) is 0 Å². The summed E-state index contributed by atoms with van der Waals surface area (Å²) in [7, 11) is 0. The molecule has 100 valence electrons. The van der Waals surface area contributed by atoms with Crippen LogP contribution in [0, 0.1) is 0 Å². The van der Waals surface area contributed by atoms with E-state index < -0.39 is 5.97 Å². The van der Waals surface area contributed by atoms with Gasteiger partial charge in [0.1, 0.15) is 11.3 Å². The third-order valence-corrected chi connectivity index (χ3v) is 4.10. The number of benzene rings is 1. The van der Waals surface area contributed by atoms with Gasteiger partial charge < -0.3 is 9.84 Å². The predicted octanol–water partition coefficient (Wildman–Crippen LogP) is 4.55. The lowest BCUT2D eigenvalue weighted by Gasteiger charge is -2.09. The van der Waals surface area contributed by atoms with Crippen LogP contribution in [-0.4, -0.2) is 16.1 Å². The Morgan fingerprint density at radius 1 is 1.30 bits per heavy atom. The first kappa shape index (κ1) is 13.1. The topological polar surface area (TPSA) is 59.4 Å². The summed E-state index contributed by atoms with van der Waals surface area (Å²) < 4.78 is 7.50. The largest absolute Gasteiger partial charge is 0.478 e. The van der Waals surface area contributed by atoms with Gasteiger partial charge in [0.05, 0.1) is 5.39 Å². The molecule has 2 aromatic heterocycles. The van der Waals surface area contributed by atoms with Crippen LogP contribution in [-0.2, 0) is 0 Å². The summed E-state index contributed by atoms with van der Waals surface area (Å²) in [6, 6.07) is 8.58. The van der Waals surface area contributed by atoms with Crippen LogP contribution in [0.4, 0.5) is 0 Å². The van der Waals surface area contributed by atoms with Crippen molar-refractivity contribution < 1.29 is 14.6 Å². The summed E-state index contributed by atoms with van der Waals surface area (Å²) in [5.74, 6) is -0.368. The second-order valence-corrected chi connectivity index (χ2v) is 5.86. The van der Waals surface area contributed by atoms with Gasteiger partial charge in [0.25, 0.3) is 0 Å². The predicted molar refractivity (Wildman–Crippen MR) is 80.8 cm³/mol. The Morgan fingerprint density at radius 2 is 2.15 bits per heavy atom. The number of carbonyl (C=O) groups is 1. The maximum Gasteiger partial charge on any atom is 0.339 e. The molecule has 0 spiro atoms. The van der Waals surface area contributed by atoms with E-state index in [1.54, 1.807) is 29.7 Å². The second-order valence-electron chi connectivity index (χ2n) is 4.00. The molecule has 0 saturated heterocycles. The fraction of sp³-hybridized carbons (Fsp3) is 0. The van der Waals surface area contributed by atoms with E-state index >= 15 is 0 Å². The molecule has 0 amide bonds. The van der Waals surface area contributed by atoms with E-state index in [2.05, 4.69) is 20.9 Å². The van der Waals surface area contributed by atoms with Gasteiger partial charge >= 0.3 is 5.97 Å². The van der Waals surface area contributed by atoms with E-state index in [9.17, 15) is 9.90 Å². The van der Waals surface area contributed by atoms with Crippen LogP contribution in [0.15, 0.2) is 46.4 Å². The van der Waals surface area contributed by atoms with Crippen molar-refractivity contribution >= 4 is 43.3 Å². The van der Waals surface area contributed by atoms with Crippen molar-refractivity contribution in [3.05, 3.63) is 51.9 Å². The molecule has 0 saturated carbocycles. The molecule has 0 aliphatic heterocycles. The molecular weight excluding hydrogens is 342 g/mol. The lowest BCUT2D eigenvalue weighted by atomic mass is 10.2. The van der Waals surface area contributed by atoms with E-state index in [4.69, 9.17) is 4.74 Å². The number of aromatic nitrogens is 1. The number of fused-ring (bicyclic) bond motifs is 1. The molecule has 0 fully saturated rings. The van der Waals surface area contributed by atoms with E-state index in [0.717, 1.165) is 14.6 Å². The number of carboxylic acid groups (broad SMARTS) is 1. The monoisotopic (exact) mass is 349 g/mol. The number of thiophene rings is 1. The third-order valence-electron chi connectivity index (χ3n) is 2.72. The van der Waals surface area contributed by atoms with Crippen molar-refractivity contribution in [3.8, 4) is 11.6 Å². The Bertz CT molecular complexity index is 800. The summed E-state index contributed by atoms with van der Waals surface area (Å²) >= 11 is 4.89. The minimum atomic E-state index is -1.04. The zero-order chi connectivity index (χ0) is 14.1. The standard InChI is InChI=1S/C14H8BrNO3S/c15-8-1-2-9(14(17)18)11(7-8)19-13-10-4-6-20-12(10)3-5-16-13/h1-7H,(H,17,18). The molecule has 20 heavy (non-hydrogen) atoms. The van der Waals surface area contributed by atoms with Crippen LogP contribution in [0.25, 0.3) is 10.1 Å². The van der Waals surface area contributed by atoms with Crippen LogP contribution >= 0.6 is 27.3 Å². The van der Waals surface area contributed by atoms with Crippen LogP contribution in [0.2, 0.25) is 0 Å². The summed E-state index contributed by atoms with van der Waals surface area (Å²) in [4.78, 5) is 15.4. The lowest BCUT2D eigenvalue weighted by Crippen LogP contribution is -2.00. The Morgan fingerprint density at radius 3 is 2.95 bits per heavy atom. The maximum absolute atomic E-state index is 11.2. The number of halogens is 1. The van der Waals surface area contributed by atoms with Crippen molar-refractivity contribution in [3.63, 3.8) is 0 Å². The highest BCUT2D eigenvalue weighted by atomic mass is 79.9. The van der Waals surface area contributed by atoms with Crippen molar-refractivity contribution in [1.29, 1.82) is 0 Å². The first-order chi connectivity index (χ1) is 9.65. The highest BCUT2D eigenvalue weighted by Crippen LogP contribution is 2.33. The summed E-state index contributed by atoms with van der Waals surface area (Å²) in [6.45, 7) is 0. The van der Waals surface area contributed by atoms with Gasteiger partial charge in [0, 0.05) is 15.4 Å². The fourth-order valence-electron chi connectivity index (χ4n) is 1.81.